The second kappa shape index (κ2) is 5.81. The van der Waals surface area contributed by atoms with E-state index in [1.54, 1.807) is 0 Å². The lowest BCUT2D eigenvalue weighted by Crippen LogP contribution is -2.29. The van der Waals surface area contributed by atoms with E-state index in [4.69, 9.17) is 0 Å². The van der Waals surface area contributed by atoms with Crippen LogP contribution in [0.3, 0.4) is 0 Å². The SMILES string of the molecule is CN(C)CC(C)(C)CCC(=O)C1CCCC1. The fourth-order valence-electron chi connectivity index (χ4n) is 2.85. The second-order valence-corrected chi connectivity index (χ2v) is 6.35. The molecule has 2 heteroatoms. The van der Waals surface area contributed by atoms with Crippen molar-refractivity contribution in [1.29, 1.82) is 0 Å². The normalized spacial score (nSPS) is 18.3. The Labute approximate surface area is 100 Å². The molecule has 0 aromatic heterocycles. The van der Waals surface area contributed by atoms with E-state index < -0.39 is 0 Å². The highest BCUT2D eigenvalue weighted by atomic mass is 16.1. The molecule has 2 nitrogen and oxygen atoms in total. The van der Waals surface area contributed by atoms with Crippen LogP contribution in [0.5, 0.6) is 0 Å². The van der Waals surface area contributed by atoms with Crippen LogP contribution >= 0.6 is 0 Å². The van der Waals surface area contributed by atoms with Crippen LogP contribution < -0.4 is 0 Å². The first-order valence-electron chi connectivity index (χ1n) is 6.58. The summed E-state index contributed by atoms with van der Waals surface area (Å²) < 4.78 is 0. The van der Waals surface area contributed by atoms with Crippen LogP contribution in [0.4, 0.5) is 0 Å². The van der Waals surface area contributed by atoms with Crippen molar-refractivity contribution in [1.82, 2.24) is 4.90 Å². The van der Waals surface area contributed by atoms with E-state index in [0.29, 0.717) is 11.7 Å². The molecule has 1 rings (SSSR count). The van der Waals surface area contributed by atoms with Crippen LogP contribution in [-0.2, 0) is 4.79 Å². The van der Waals surface area contributed by atoms with Gasteiger partial charge in [-0.25, -0.2) is 0 Å². The van der Waals surface area contributed by atoms with Gasteiger partial charge in [0, 0.05) is 18.9 Å². The minimum absolute atomic E-state index is 0.262. The van der Waals surface area contributed by atoms with Crippen molar-refractivity contribution in [2.75, 3.05) is 20.6 Å². The van der Waals surface area contributed by atoms with E-state index in [9.17, 15) is 4.79 Å². The molecule has 0 aromatic carbocycles. The van der Waals surface area contributed by atoms with Gasteiger partial charge in [0.05, 0.1) is 0 Å². The highest BCUT2D eigenvalue weighted by Gasteiger charge is 2.25. The molecule has 1 aliphatic carbocycles. The molecule has 94 valence electrons. The van der Waals surface area contributed by atoms with Gasteiger partial charge in [-0.1, -0.05) is 26.7 Å². The lowest BCUT2D eigenvalue weighted by molar-refractivity contribution is -0.123. The van der Waals surface area contributed by atoms with Crippen LogP contribution in [0.15, 0.2) is 0 Å². The molecule has 0 amide bonds. The highest BCUT2D eigenvalue weighted by Crippen LogP contribution is 2.29. The minimum atomic E-state index is 0.262. The monoisotopic (exact) mass is 225 g/mol. The first-order valence-corrected chi connectivity index (χ1v) is 6.58. The predicted molar refractivity (Wildman–Crippen MR) is 68.5 cm³/mol. The zero-order chi connectivity index (χ0) is 12.2. The number of nitrogens with zero attached hydrogens (tertiary/aromatic N) is 1. The fraction of sp³-hybridized carbons (Fsp3) is 0.929. The van der Waals surface area contributed by atoms with Gasteiger partial charge in [-0.3, -0.25) is 4.79 Å². The molecule has 16 heavy (non-hydrogen) atoms. The zero-order valence-electron chi connectivity index (χ0n) is 11.4. The van der Waals surface area contributed by atoms with Gasteiger partial charge < -0.3 is 4.90 Å². The number of Topliss-reactive ketones (excluding diaryl/α,β-unsaturated/α-hetero) is 1. The van der Waals surface area contributed by atoms with Crippen LogP contribution in [-0.4, -0.2) is 31.3 Å². The topological polar surface area (TPSA) is 20.3 Å². The van der Waals surface area contributed by atoms with Crippen LogP contribution in [0, 0.1) is 11.3 Å². The summed E-state index contributed by atoms with van der Waals surface area (Å²) in [5.74, 6) is 0.916. The van der Waals surface area contributed by atoms with Gasteiger partial charge in [-0.15, -0.1) is 0 Å². The summed E-state index contributed by atoms with van der Waals surface area (Å²) >= 11 is 0. The second-order valence-electron chi connectivity index (χ2n) is 6.35. The smallest absolute Gasteiger partial charge is 0.135 e. The van der Waals surface area contributed by atoms with Gasteiger partial charge in [-0.2, -0.15) is 0 Å². The third-order valence-corrected chi connectivity index (χ3v) is 3.60. The molecule has 0 spiro atoms. The summed E-state index contributed by atoms with van der Waals surface area (Å²) in [4.78, 5) is 14.2. The van der Waals surface area contributed by atoms with Gasteiger partial charge >= 0.3 is 0 Å². The van der Waals surface area contributed by atoms with E-state index in [2.05, 4.69) is 32.8 Å². The number of hydrogen-bond donors (Lipinski definition) is 0. The van der Waals surface area contributed by atoms with Gasteiger partial charge in [0.25, 0.3) is 0 Å². The molecule has 0 aliphatic heterocycles. The van der Waals surface area contributed by atoms with E-state index in [-0.39, 0.29) is 5.41 Å². The van der Waals surface area contributed by atoms with E-state index in [0.717, 1.165) is 32.2 Å². The Bertz CT molecular complexity index is 227. The van der Waals surface area contributed by atoms with Crippen molar-refractivity contribution in [2.45, 2.75) is 52.4 Å². The van der Waals surface area contributed by atoms with Gasteiger partial charge in [0.15, 0.2) is 0 Å². The number of ketones is 1. The molecule has 0 saturated heterocycles. The number of carbonyl (C=O) groups is 1. The number of hydrogen-bond acceptors (Lipinski definition) is 2. The molecule has 0 aromatic rings. The number of rotatable bonds is 6. The van der Waals surface area contributed by atoms with E-state index in [1.165, 1.54) is 12.8 Å². The van der Waals surface area contributed by atoms with Crippen molar-refractivity contribution < 1.29 is 4.79 Å². The summed E-state index contributed by atoms with van der Waals surface area (Å²) in [5.41, 5.74) is 0.262. The molecule has 0 heterocycles. The standard InChI is InChI=1S/C14H27NO/c1-14(2,11-15(3)4)10-9-13(16)12-7-5-6-8-12/h12H,5-11H2,1-4H3. The van der Waals surface area contributed by atoms with Crippen molar-refractivity contribution >= 4 is 5.78 Å². The Morgan fingerprint density at radius 1 is 1.25 bits per heavy atom. The van der Waals surface area contributed by atoms with Crippen LogP contribution in [0.25, 0.3) is 0 Å². The van der Waals surface area contributed by atoms with Crippen molar-refractivity contribution in [3.63, 3.8) is 0 Å². The third kappa shape index (κ3) is 4.65. The fourth-order valence-corrected chi connectivity index (χ4v) is 2.85. The van der Waals surface area contributed by atoms with Gasteiger partial charge in [0.2, 0.25) is 0 Å². The third-order valence-electron chi connectivity index (χ3n) is 3.60. The molecule has 1 aliphatic rings. The van der Waals surface area contributed by atoms with Crippen LogP contribution in [0.2, 0.25) is 0 Å². The molecule has 0 radical (unpaired) electrons. The molecule has 1 fully saturated rings. The largest absolute Gasteiger partial charge is 0.309 e. The van der Waals surface area contributed by atoms with Gasteiger partial charge in [0.1, 0.15) is 5.78 Å². The molecule has 0 atom stereocenters. The molecular formula is C14H27NO. The Hall–Kier alpha value is -0.370. The summed E-state index contributed by atoms with van der Waals surface area (Å²) in [6, 6.07) is 0. The lowest BCUT2D eigenvalue weighted by atomic mass is 9.84. The van der Waals surface area contributed by atoms with Crippen LogP contribution in [0.1, 0.15) is 52.4 Å². The Morgan fingerprint density at radius 3 is 2.31 bits per heavy atom. The van der Waals surface area contributed by atoms with E-state index >= 15 is 0 Å². The summed E-state index contributed by atoms with van der Waals surface area (Å²) in [6.07, 6.45) is 6.63. The lowest BCUT2D eigenvalue weighted by Gasteiger charge is -2.28. The summed E-state index contributed by atoms with van der Waals surface area (Å²) in [7, 11) is 4.20. The average molecular weight is 225 g/mol. The highest BCUT2D eigenvalue weighted by molar-refractivity contribution is 5.81. The summed E-state index contributed by atoms with van der Waals surface area (Å²) in [6.45, 7) is 5.58. The zero-order valence-corrected chi connectivity index (χ0v) is 11.4. The van der Waals surface area contributed by atoms with Crippen molar-refractivity contribution in [3.05, 3.63) is 0 Å². The van der Waals surface area contributed by atoms with Gasteiger partial charge in [-0.05, 0) is 38.8 Å². The molecule has 1 saturated carbocycles. The molecule has 0 N–H and O–H groups in total. The Balaban J connectivity index is 2.29. The maximum Gasteiger partial charge on any atom is 0.135 e. The summed E-state index contributed by atoms with van der Waals surface area (Å²) in [5, 5.41) is 0. The maximum absolute atomic E-state index is 12.0. The molecule has 0 bridgehead atoms. The Morgan fingerprint density at radius 2 is 1.81 bits per heavy atom. The molecular weight excluding hydrogens is 198 g/mol. The quantitative estimate of drug-likeness (QED) is 0.692. The average Bonchev–Trinajstić information content (AvgIpc) is 2.64. The number of carbonyl (C=O) groups excluding carboxylic acids is 1. The van der Waals surface area contributed by atoms with Crippen molar-refractivity contribution in [3.8, 4) is 0 Å². The first kappa shape index (κ1) is 13.7. The first-order chi connectivity index (χ1) is 7.41. The molecule has 0 unspecified atom stereocenters. The maximum atomic E-state index is 12.0. The Kier molecular flexibility index (Phi) is 4.97. The minimum Gasteiger partial charge on any atom is -0.309 e. The van der Waals surface area contributed by atoms with Crippen molar-refractivity contribution in [2.24, 2.45) is 11.3 Å². The van der Waals surface area contributed by atoms with E-state index in [1.807, 2.05) is 0 Å². The predicted octanol–water partition coefficient (Wildman–Crippen LogP) is 3.11.